The average Bonchev–Trinajstić information content (AvgIpc) is 3.30. The van der Waals surface area contributed by atoms with E-state index in [1.165, 1.54) is 0 Å². The van der Waals surface area contributed by atoms with Gasteiger partial charge in [-0.25, -0.2) is 4.79 Å². The van der Waals surface area contributed by atoms with Gasteiger partial charge in [0.1, 0.15) is 24.5 Å². The zero-order valence-electron chi connectivity index (χ0n) is 18.0. The van der Waals surface area contributed by atoms with Gasteiger partial charge in [0.15, 0.2) is 18.1 Å². The first-order valence-corrected chi connectivity index (χ1v) is 10.1. The van der Waals surface area contributed by atoms with Crippen molar-refractivity contribution in [3.63, 3.8) is 0 Å². The Morgan fingerprint density at radius 3 is 2.58 bits per heavy atom. The van der Waals surface area contributed by atoms with Gasteiger partial charge in [-0.2, -0.15) is 0 Å². The molecule has 4 rings (SSSR count). The van der Waals surface area contributed by atoms with Crippen LogP contribution in [0.15, 0.2) is 28.8 Å². The van der Waals surface area contributed by atoms with Gasteiger partial charge in [0.05, 0.1) is 5.69 Å². The van der Waals surface area contributed by atoms with Crippen molar-refractivity contribution >= 4 is 11.8 Å². The third-order valence-electron chi connectivity index (χ3n) is 5.32. The van der Waals surface area contributed by atoms with Crippen molar-refractivity contribution in [2.75, 3.05) is 19.8 Å². The topological polar surface area (TPSA) is 92.8 Å². The Bertz CT molecular complexity index is 1160. The smallest absolute Gasteiger partial charge is 0.344 e. The van der Waals surface area contributed by atoms with Crippen LogP contribution in [0.1, 0.15) is 50.5 Å². The molecule has 1 aromatic carbocycles. The molecule has 0 radical (unpaired) electrons. The molecule has 162 valence electrons. The number of aromatic nitrogens is 2. The van der Waals surface area contributed by atoms with Gasteiger partial charge in [-0.05, 0) is 45.4 Å². The number of nitrogens with zero attached hydrogens (tertiary/aromatic N) is 2. The summed E-state index contributed by atoms with van der Waals surface area (Å²) in [5.74, 6) is 0.873. The number of fused-ring (bicyclic) bond motifs is 1. The summed E-state index contributed by atoms with van der Waals surface area (Å²) in [5.41, 5.74) is 3.81. The summed E-state index contributed by atoms with van der Waals surface area (Å²) in [7, 11) is 0. The first-order valence-electron chi connectivity index (χ1n) is 10.1. The van der Waals surface area contributed by atoms with Crippen LogP contribution in [0.2, 0.25) is 0 Å². The largest absolute Gasteiger partial charge is 0.486 e. The number of hydrogen-bond acceptors (Lipinski definition) is 7. The predicted molar refractivity (Wildman–Crippen MR) is 111 cm³/mol. The molecule has 31 heavy (non-hydrogen) atoms. The highest BCUT2D eigenvalue weighted by Gasteiger charge is 2.23. The van der Waals surface area contributed by atoms with E-state index in [0.29, 0.717) is 48.2 Å². The molecular formula is C23H24N2O6. The predicted octanol–water partition coefficient (Wildman–Crippen LogP) is 3.76. The van der Waals surface area contributed by atoms with Gasteiger partial charge in [0, 0.05) is 28.7 Å². The molecule has 1 aliphatic heterocycles. The summed E-state index contributed by atoms with van der Waals surface area (Å²) >= 11 is 0. The van der Waals surface area contributed by atoms with Gasteiger partial charge in [-0.15, -0.1) is 0 Å². The second-order valence-corrected chi connectivity index (χ2v) is 7.36. The van der Waals surface area contributed by atoms with Crippen LogP contribution in [-0.2, 0) is 11.2 Å². The van der Waals surface area contributed by atoms with Gasteiger partial charge in [0.2, 0.25) is 5.78 Å². The number of carbonyl (C=O) groups is 2. The van der Waals surface area contributed by atoms with Crippen LogP contribution in [0, 0.1) is 20.8 Å². The Hall–Kier alpha value is -3.55. The minimum absolute atomic E-state index is 0.280. The molecule has 3 heterocycles. The van der Waals surface area contributed by atoms with E-state index in [1.807, 2.05) is 43.5 Å². The summed E-state index contributed by atoms with van der Waals surface area (Å²) in [4.78, 5) is 25.3. The average molecular weight is 424 g/mol. The quantitative estimate of drug-likeness (QED) is 0.439. The lowest BCUT2D eigenvalue weighted by atomic mass is 10.1. The van der Waals surface area contributed by atoms with Crippen molar-refractivity contribution < 1.29 is 28.3 Å². The fourth-order valence-electron chi connectivity index (χ4n) is 3.82. The van der Waals surface area contributed by atoms with Crippen LogP contribution in [0.25, 0.3) is 5.69 Å². The van der Waals surface area contributed by atoms with Crippen molar-refractivity contribution in [2.24, 2.45) is 0 Å². The molecule has 0 fully saturated rings. The number of benzene rings is 1. The second kappa shape index (κ2) is 8.29. The first kappa shape index (κ1) is 20.7. The summed E-state index contributed by atoms with van der Waals surface area (Å²) in [6.45, 7) is 7.95. The maximum atomic E-state index is 12.8. The molecule has 0 unspecified atom stereocenters. The maximum absolute atomic E-state index is 12.8. The Labute approximate surface area is 179 Å². The highest BCUT2D eigenvalue weighted by Crippen LogP contribution is 2.33. The molecule has 0 N–H and O–H groups in total. The monoisotopic (exact) mass is 424 g/mol. The van der Waals surface area contributed by atoms with Crippen molar-refractivity contribution in [2.45, 2.75) is 34.1 Å². The lowest BCUT2D eigenvalue weighted by molar-refractivity contribution is 0.0472. The third kappa shape index (κ3) is 3.81. The fraction of sp³-hybridized carbons (Fsp3) is 0.348. The maximum Gasteiger partial charge on any atom is 0.344 e. The zero-order chi connectivity index (χ0) is 22.1. The van der Waals surface area contributed by atoms with Gasteiger partial charge in [0.25, 0.3) is 0 Å². The van der Waals surface area contributed by atoms with Crippen LogP contribution in [-0.4, -0.2) is 41.3 Å². The fourth-order valence-corrected chi connectivity index (χ4v) is 3.82. The van der Waals surface area contributed by atoms with Crippen molar-refractivity contribution in [3.8, 4) is 17.2 Å². The SMILES string of the molecule is CCc1noc(C)c1C(=O)OCC(=O)c1cc(C)n(-c2ccc3c(c2)OCCO3)c1C. The van der Waals surface area contributed by atoms with Gasteiger partial charge in [-0.3, -0.25) is 4.79 Å². The van der Waals surface area contributed by atoms with Gasteiger partial charge in [-0.1, -0.05) is 12.1 Å². The number of esters is 1. The van der Waals surface area contributed by atoms with Crippen molar-refractivity contribution in [1.29, 1.82) is 0 Å². The second-order valence-electron chi connectivity index (χ2n) is 7.36. The Morgan fingerprint density at radius 1 is 1.10 bits per heavy atom. The Morgan fingerprint density at radius 2 is 1.84 bits per heavy atom. The Balaban J connectivity index is 1.54. The number of aryl methyl sites for hydroxylation is 3. The molecule has 0 bridgehead atoms. The number of ether oxygens (including phenoxy) is 3. The van der Waals surface area contributed by atoms with Crippen LogP contribution < -0.4 is 9.47 Å². The molecule has 0 atom stereocenters. The normalized spacial score (nSPS) is 12.6. The van der Waals surface area contributed by atoms with Crippen molar-refractivity contribution in [1.82, 2.24) is 9.72 Å². The third-order valence-corrected chi connectivity index (χ3v) is 5.32. The van der Waals surface area contributed by atoms with E-state index < -0.39 is 5.97 Å². The molecule has 0 saturated heterocycles. The number of hydrogen-bond donors (Lipinski definition) is 0. The molecule has 0 amide bonds. The first-order chi connectivity index (χ1) is 14.9. The number of ketones is 1. The van der Waals surface area contributed by atoms with E-state index in [4.69, 9.17) is 18.7 Å². The van der Waals surface area contributed by atoms with Crippen LogP contribution in [0.5, 0.6) is 11.5 Å². The molecule has 0 saturated carbocycles. The standard InChI is InChI=1S/C23H24N2O6/c1-5-18-22(15(4)31-24-18)23(27)30-12-19(26)17-10-13(2)25(14(17)3)16-6-7-20-21(11-16)29-9-8-28-20/h6-7,10-11H,5,8-9,12H2,1-4H3. The van der Waals surface area contributed by atoms with Crippen molar-refractivity contribution in [3.05, 3.63) is 58.2 Å². The van der Waals surface area contributed by atoms with E-state index in [-0.39, 0.29) is 18.0 Å². The summed E-state index contributed by atoms with van der Waals surface area (Å²) in [6, 6.07) is 7.47. The van der Waals surface area contributed by atoms with Gasteiger partial charge < -0.3 is 23.3 Å². The molecule has 0 spiro atoms. The Kier molecular flexibility index (Phi) is 5.54. The number of carbonyl (C=O) groups excluding carboxylic acids is 2. The highest BCUT2D eigenvalue weighted by atomic mass is 16.6. The molecular weight excluding hydrogens is 400 g/mol. The molecule has 8 heteroatoms. The van der Waals surface area contributed by atoms with Crippen LogP contribution in [0.3, 0.4) is 0 Å². The lowest BCUT2D eigenvalue weighted by Crippen LogP contribution is -2.16. The van der Waals surface area contributed by atoms with E-state index in [0.717, 1.165) is 17.1 Å². The highest BCUT2D eigenvalue weighted by molar-refractivity contribution is 6.01. The molecule has 8 nitrogen and oxygen atoms in total. The van der Waals surface area contributed by atoms with E-state index >= 15 is 0 Å². The lowest BCUT2D eigenvalue weighted by Gasteiger charge is -2.20. The zero-order valence-corrected chi connectivity index (χ0v) is 18.0. The minimum atomic E-state index is -0.607. The van der Waals surface area contributed by atoms with E-state index in [2.05, 4.69) is 5.16 Å². The van der Waals surface area contributed by atoms with E-state index in [9.17, 15) is 9.59 Å². The summed E-state index contributed by atoms with van der Waals surface area (Å²) in [5, 5.41) is 3.85. The minimum Gasteiger partial charge on any atom is -0.486 e. The number of rotatable bonds is 6. The van der Waals surface area contributed by atoms with E-state index in [1.54, 1.807) is 13.0 Å². The molecule has 0 aliphatic carbocycles. The van der Waals surface area contributed by atoms with Crippen LogP contribution in [0.4, 0.5) is 0 Å². The van der Waals surface area contributed by atoms with Gasteiger partial charge >= 0.3 is 5.97 Å². The van der Waals surface area contributed by atoms with Crippen LogP contribution >= 0.6 is 0 Å². The molecule has 3 aromatic rings. The molecule has 2 aromatic heterocycles. The summed E-state index contributed by atoms with van der Waals surface area (Å²) < 4.78 is 23.6. The number of Topliss-reactive ketones (excluding diaryl/α,β-unsaturated/α-hetero) is 1. The summed E-state index contributed by atoms with van der Waals surface area (Å²) in [6.07, 6.45) is 0.534. The molecule has 1 aliphatic rings.